The molecule has 0 aromatic heterocycles. The second-order valence-corrected chi connectivity index (χ2v) is 5.68. The Bertz CT molecular complexity index is 421. The number of nitrogens with two attached hydrogens (primary N) is 2. The van der Waals surface area contributed by atoms with Gasteiger partial charge in [-0.3, -0.25) is 4.79 Å². The third kappa shape index (κ3) is 4.31. The summed E-state index contributed by atoms with van der Waals surface area (Å²) in [5.74, 6) is 0.0977. The third-order valence-electron chi connectivity index (χ3n) is 2.65. The molecular formula is C13H20BrN3O. The molecule has 1 aromatic carbocycles. The van der Waals surface area contributed by atoms with Crippen LogP contribution in [0.3, 0.4) is 0 Å². The second-order valence-electron chi connectivity index (χ2n) is 4.76. The van der Waals surface area contributed by atoms with E-state index in [2.05, 4.69) is 35.1 Å². The van der Waals surface area contributed by atoms with Gasteiger partial charge in [-0.1, -0.05) is 29.8 Å². The summed E-state index contributed by atoms with van der Waals surface area (Å²) in [4.78, 5) is 11.4. The molecule has 0 saturated carbocycles. The number of hydrogen-bond donors (Lipinski definition) is 3. The minimum Gasteiger partial charge on any atom is -0.380 e. The van der Waals surface area contributed by atoms with Gasteiger partial charge in [-0.15, -0.1) is 0 Å². The summed E-state index contributed by atoms with van der Waals surface area (Å²) in [6.07, 6.45) is 0.946. The Labute approximate surface area is 116 Å². The first kappa shape index (κ1) is 15.0. The minimum absolute atomic E-state index is 0.136. The summed E-state index contributed by atoms with van der Waals surface area (Å²) in [5.41, 5.74) is 12.3. The van der Waals surface area contributed by atoms with Gasteiger partial charge in [0.2, 0.25) is 0 Å². The van der Waals surface area contributed by atoms with E-state index in [9.17, 15) is 4.79 Å². The monoisotopic (exact) mass is 313 g/mol. The molecule has 1 atom stereocenters. The molecule has 18 heavy (non-hydrogen) atoms. The summed E-state index contributed by atoms with van der Waals surface area (Å²) in [5, 5.41) is 3.29. The number of hydrogen-bond acceptors (Lipinski definition) is 3. The van der Waals surface area contributed by atoms with Crippen molar-refractivity contribution >= 4 is 27.5 Å². The van der Waals surface area contributed by atoms with Crippen molar-refractivity contribution < 1.29 is 4.79 Å². The zero-order valence-electron chi connectivity index (χ0n) is 10.7. The third-order valence-corrected chi connectivity index (χ3v) is 3.14. The van der Waals surface area contributed by atoms with Crippen molar-refractivity contribution in [1.82, 2.24) is 0 Å². The maximum Gasteiger partial charge on any atom is 0.250 e. The first-order chi connectivity index (χ1) is 8.43. The maximum atomic E-state index is 11.4. The molecule has 0 spiro atoms. The molecule has 5 heteroatoms. The Balaban J connectivity index is 2.93. The lowest BCUT2D eigenvalue weighted by Gasteiger charge is -2.21. The van der Waals surface area contributed by atoms with Crippen LogP contribution in [0.5, 0.6) is 0 Å². The lowest BCUT2D eigenvalue weighted by molar-refractivity contribution is 0.100. The van der Waals surface area contributed by atoms with E-state index in [1.165, 1.54) is 0 Å². The van der Waals surface area contributed by atoms with E-state index >= 15 is 0 Å². The van der Waals surface area contributed by atoms with E-state index in [0.717, 1.165) is 16.6 Å². The van der Waals surface area contributed by atoms with Crippen molar-refractivity contribution in [2.45, 2.75) is 26.3 Å². The normalized spacial score (nSPS) is 12.5. The van der Waals surface area contributed by atoms with Crippen molar-refractivity contribution in [3.63, 3.8) is 0 Å². The molecule has 0 saturated heterocycles. The van der Waals surface area contributed by atoms with Crippen molar-refractivity contribution in [2.24, 2.45) is 17.4 Å². The number of nitrogens with one attached hydrogen (secondary N) is 1. The molecule has 0 bridgehead atoms. The molecule has 0 fully saturated rings. The number of rotatable bonds is 6. The Hall–Kier alpha value is -1.07. The quantitative estimate of drug-likeness (QED) is 0.754. The van der Waals surface area contributed by atoms with Crippen LogP contribution in [-0.2, 0) is 0 Å². The zero-order valence-corrected chi connectivity index (χ0v) is 12.3. The maximum absolute atomic E-state index is 11.4. The standard InChI is InChI=1S/C13H20BrN3O/c1-8(2)5-10(7-15)17-12-6-9(14)3-4-11(12)13(16)18/h3-4,6,8,10,17H,5,7,15H2,1-2H3,(H2,16,18). The highest BCUT2D eigenvalue weighted by Crippen LogP contribution is 2.23. The summed E-state index contributed by atoms with van der Waals surface area (Å²) >= 11 is 3.38. The summed E-state index contributed by atoms with van der Waals surface area (Å²) in [6.45, 7) is 4.80. The van der Waals surface area contributed by atoms with Gasteiger partial charge >= 0.3 is 0 Å². The van der Waals surface area contributed by atoms with Crippen LogP contribution in [-0.4, -0.2) is 18.5 Å². The number of carbonyl (C=O) groups is 1. The number of primary amides is 1. The average molecular weight is 314 g/mol. The highest BCUT2D eigenvalue weighted by atomic mass is 79.9. The van der Waals surface area contributed by atoms with E-state index in [0.29, 0.717) is 18.0 Å². The van der Waals surface area contributed by atoms with Crippen LogP contribution in [0.2, 0.25) is 0 Å². The van der Waals surface area contributed by atoms with Crippen LogP contribution in [0.25, 0.3) is 0 Å². The predicted octanol–water partition coefficient (Wildman–Crippen LogP) is 2.33. The second kappa shape index (κ2) is 6.75. The molecular weight excluding hydrogens is 294 g/mol. The first-order valence-electron chi connectivity index (χ1n) is 6.00. The molecule has 0 heterocycles. The lowest BCUT2D eigenvalue weighted by Crippen LogP contribution is -2.31. The fraction of sp³-hybridized carbons (Fsp3) is 0.462. The van der Waals surface area contributed by atoms with E-state index in [4.69, 9.17) is 11.5 Å². The van der Waals surface area contributed by atoms with Gasteiger partial charge in [0.05, 0.1) is 5.56 Å². The summed E-state index contributed by atoms with van der Waals surface area (Å²) < 4.78 is 0.898. The van der Waals surface area contributed by atoms with Crippen molar-refractivity contribution in [2.75, 3.05) is 11.9 Å². The van der Waals surface area contributed by atoms with E-state index in [-0.39, 0.29) is 6.04 Å². The van der Waals surface area contributed by atoms with Gasteiger partial charge in [0.1, 0.15) is 0 Å². The van der Waals surface area contributed by atoms with Crippen LogP contribution in [0.4, 0.5) is 5.69 Å². The number of amides is 1. The smallest absolute Gasteiger partial charge is 0.250 e. The van der Waals surface area contributed by atoms with Gasteiger partial charge in [0.25, 0.3) is 5.91 Å². The van der Waals surface area contributed by atoms with Crippen LogP contribution < -0.4 is 16.8 Å². The highest BCUT2D eigenvalue weighted by Gasteiger charge is 2.14. The van der Waals surface area contributed by atoms with E-state index in [1.54, 1.807) is 12.1 Å². The van der Waals surface area contributed by atoms with Gasteiger partial charge in [-0.2, -0.15) is 0 Å². The fourth-order valence-corrected chi connectivity index (χ4v) is 2.21. The predicted molar refractivity (Wildman–Crippen MR) is 78.6 cm³/mol. The van der Waals surface area contributed by atoms with Gasteiger partial charge in [-0.25, -0.2) is 0 Å². The van der Waals surface area contributed by atoms with Crippen molar-refractivity contribution in [3.8, 4) is 0 Å². The summed E-state index contributed by atoms with van der Waals surface area (Å²) in [7, 11) is 0. The van der Waals surface area contributed by atoms with E-state index in [1.807, 2.05) is 6.07 Å². The number of benzene rings is 1. The van der Waals surface area contributed by atoms with Crippen molar-refractivity contribution in [3.05, 3.63) is 28.2 Å². The molecule has 1 unspecified atom stereocenters. The molecule has 4 nitrogen and oxygen atoms in total. The van der Waals surface area contributed by atoms with E-state index < -0.39 is 5.91 Å². The molecule has 100 valence electrons. The SMILES string of the molecule is CC(C)CC(CN)Nc1cc(Br)ccc1C(N)=O. The fourth-order valence-electron chi connectivity index (χ4n) is 1.85. The molecule has 0 radical (unpaired) electrons. The molecule has 0 aliphatic carbocycles. The van der Waals surface area contributed by atoms with Gasteiger partial charge in [0.15, 0.2) is 0 Å². The highest BCUT2D eigenvalue weighted by molar-refractivity contribution is 9.10. The minimum atomic E-state index is -0.440. The van der Waals surface area contributed by atoms with Gasteiger partial charge in [-0.05, 0) is 30.5 Å². The largest absolute Gasteiger partial charge is 0.380 e. The van der Waals surface area contributed by atoms with Gasteiger partial charge in [0, 0.05) is 22.7 Å². The number of anilines is 1. The zero-order chi connectivity index (χ0) is 13.7. The summed E-state index contributed by atoms with van der Waals surface area (Å²) in [6, 6.07) is 5.49. The number of halogens is 1. The Morgan fingerprint density at radius 2 is 2.11 bits per heavy atom. The molecule has 1 rings (SSSR count). The average Bonchev–Trinajstić information content (AvgIpc) is 2.27. The molecule has 1 amide bonds. The number of carbonyl (C=O) groups excluding carboxylic acids is 1. The molecule has 0 aliphatic rings. The molecule has 5 N–H and O–H groups in total. The Morgan fingerprint density at radius 1 is 1.44 bits per heavy atom. The lowest BCUT2D eigenvalue weighted by atomic mass is 10.0. The topological polar surface area (TPSA) is 81.1 Å². The Morgan fingerprint density at radius 3 is 2.61 bits per heavy atom. The first-order valence-corrected chi connectivity index (χ1v) is 6.79. The van der Waals surface area contributed by atoms with Crippen LogP contribution in [0.15, 0.2) is 22.7 Å². The van der Waals surface area contributed by atoms with Crippen LogP contribution >= 0.6 is 15.9 Å². The van der Waals surface area contributed by atoms with Crippen LogP contribution in [0, 0.1) is 5.92 Å². The van der Waals surface area contributed by atoms with Crippen molar-refractivity contribution in [1.29, 1.82) is 0 Å². The Kier molecular flexibility index (Phi) is 5.62. The van der Waals surface area contributed by atoms with Gasteiger partial charge < -0.3 is 16.8 Å². The molecule has 0 aliphatic heterocycles. The molecule has 1 aromatic rings. The van der Waals surface area contributed by atoms with Crippen LogP contribution in [0.1, 0.15) is 30.6 Å².